The minimum Gasteiger partial charge on any atom is -0.431 e. The van der Waals surface area contributed by atoms with Crippen LogP contribution >= 0.6 is 23.1 Å². The lowest BCUT2D eigenvalue weighted by Gasteiger charge is -2.49. The SMILES string of the molecule is CC(OC(=O)OC1CCCCC1)OC(=O)C1=C(/C=C2\CCN(C)C2=O)CS[C@@H]2[C@H](NC(=O)/C(=N\OC(c3ccccc3)(c3ccccc3)c3ccccc3)c3csc(N)n3)C(=O)N12. The first kappa shape index (κ1) is 43.2. The van der Waals surface area contributed by atoms with E-state index in [0.717, 1.165) is 60.1 Å². The molecule has 3 aromatic carbocycles. The Bertz CT molecular complexity index is 2360. The maximum Gasteiger partial charge on any atom is 0.511 e. The molecule has 3 N–H and O–H groups in total. The van der Waals surface area contributed by atoms with E-state index in [1.54, 1.807) is 23.4 Å². The van der Waals surface area contributed by atoms with Crippen molar-refractivity contribution in [2.45, 2.75) is 74.9 Å². The van der Waals surface area contributed by atoms with Crippen LogP contribution in [0, 0.1) is 0 Å². The molecule has 8 rings (SSSR count). The van der Waals surface area contributed by atoms with Crippen molar-refractivity contribution in [1.29, 1.82) is 0 Å². The Balaban J connectivity index is 1.08. The van der Waals surface area contributed by atoms with Crippen LogP contribution in [0.2, 0.25) is 0 Å². The van der Waals surface area contributed by atoms with Gasteiger partial charge in [-0.2, -0.15) is 0 Å². The number of likely N-dealkylation sites (tertiary alicyclic amines) is 1. The molecule has 1 saturated carbocycles. The minimum absolute atomic E-state index is 0.122. The number of oxime groups is 1. The number of ether oxygens (including phenoxy) is 3. The predicted octanol–water partition coefficient (Wildman–Crippen LogP) is 6.26. The number of aromatic nitrogens is 1. The zero-order chi connectivity index (χ0) is 44.1. The van der Waals surface area contributed by atoms with Crippen molar-refractivity contribution < 1.29 is 43.0 Å². The molecule has 1 unspecified atom stereocenters. The highest BCUT2D eigenvalue weighted by Crippen LogP contribution is 2.43. The number of fused-ring (bicyclic) bond motifs is 1. The Morgan fingerprint density at radius 2 is 1.54 bits per heavy atom. The molecular weight excluding hydrogens is 845 g/mol. The molecule has 1 aliphatic carbocycles. The second-order valence-corrected chi connectivity index (χ2v) is 17.5. The lowest BCUT2D eigenvalue weighted by Crippen LogP contribution is -2.71. The molecule has 3 atom stereocenters. The lowest BCUT2D eigenvalue weighted by molar-refractivity contribution is -0.169. The number of likely N-dealkylation sites (N-methyl/N-ethyl adjacent to an activating group) is 1. The summed E-state index contributed by atoms with van der Waals surface area (Å²) in [6, 6.07) is 27.3. The van der Waals surface area contributed by atoms with Gasteiger partial charge in [0.25, 0.3) is 11.8 Å². The second-order valence-electron chi connectivity index (χ2n) is 15.5. The van der Waals surface area contributed by atoms with E-state index < -0.39 is 47.2 Å². The van der Waals surface area contributed by atoms with Crippen molar-refractivity contribution in [1.82, 2.24) is 20.1 Å². The number of β-lactam (4-membered cyclic amide) rings is 1. The Kier molecular flexibility index (Phi) is 12.9. The van der Waals surface area contributed by atoms with Gasteiger partial charge in [0.2, 0.25) is 17.8 Å². The van der Waals surface area contributed by atoms with Crippen LogP contribution in [-0.4, -0.2) is 93.5 Å². The molecule has 4 aliphatic rings. The van der Waals surface area contributed by atoms with Gasteiger partial charge in [-0.3, -0.25) is 19.3 Å². The van der Waals surface area contributed by atoms with Gasteiger partial charge in [-0.25, -0.2) is 14.6 Å². The summed E-state index contributed by atoms with van der Waals surface area (Å²) < 4.78 is 16.3. The summed E-state index contributed by atoms with van der Waals surface area (Å²) in [7, 11) is 1.68. The highest BCUT2D eigenvalue weighted by molar-refractivity contribution is 8.00. The summed E-state index contributed by atoms with van der Waals surface area (Å²) >= 11 is 2.40. The smallest absolute Gasteiger partial charge is 0.431 e. The number of nitrogens with two attached hydrogens (primary N) is 1. The molecule has 4 aromatic rings. The maximum absolute atomic E-state index is 14.5. The number of anilines is 1. The van der Waals surface area contributed by atoms with Crippen molar-refractivity contribution >= 4 is 63.8 Å². The molecule has 326 valence electrons. The Labute approximate surface area is 372 Å². The number of benzene rings is 3. The molecular formula is C46H46N6O9S2. The van der Waals surface area contributed by atoms with E-state index in [0.29, 0.717) is 24.1 Å². The Hall–Kier alpha value is -6.46. The standard InChI is InChI=1S/C46H46N6O9S2/c1-28(59-45(57)60-34-21-13-6-14-22-34)58-43(56)38-30(25-29-23-24-51(2)40(29)54)26-62-42-37(41(55)52(38)42)49-39(53)36(35-27-63-44(47)48-35)50-61-46(31-15-7-3-8-16-31,32-17-9-4-10-18-32)33-19-11-5-12-20-33/h3-5,7-12,15-20,25,27-28,34,37,42H,6,13-14,21-24,26H2,1-2H3,(H2,47,48)(H,49,53)/b29-25+,50-36-/t28?,37-,42-/m1/s1. The summed E-state index contributed by atoms with van der Waals surface area (Å²) in [5.74, 6) is -2.35. The highest BCUT2D eigenvalue weighted by Gasteiger charge is 2.55. The number of nitrogens with zero attached hydrogens (tertiary/aromatic N) is 4. The van der Waals surface area contributed by atoms with Gasteiger partial charge >= 0.3 is 12.1 Å². The summed E-state index contributed by atoms with van der Waals surface area (Å²) in [6.07, 6.45) is 3.86. The van der Waals surface area contributed by atoms with Gasteiger partial charge in [0.05, 0.1) is 0 Å². The number of carbonyl (C=O) groups is 5. The first-order chi connectivity index (χ1) is 30.5. The molecule has 2 saturated heterocycles. The number of allylic oxidation sites excluding steroid dienone is 1. The normalized spacial score (nSPS) is 20.5. The van der Waals surface area contributed by atoms with Crippen molar-refractivity contribution in [3.05, 3.63) is 142 Å². The Morgan fingerprint density at radius 1 is 0.921 bits per heavy atom. The van der Waals surface area contributed by atoms with Crippen molar-refractivity contribution in [2.75, 3.05) is 25.1 Å². The fraction of sp³-hybridized carbons (Fsp3) is 0.326. The van der Waals surface area contributed by atoms with Crippen LogP contribution in [-0.2, 0) is 43.8 Å². The van der Waals surface area contributed by atoms with Crippen LogP contribution in [0.1, 0.15) is 67.8 Å². The number of hydrogen-bond acceptors (Lipinski definition) is 14. The van der Waals surface area contributed by atoms with Crippen molar-refractivity contribution in [3.63, 3.8) is 0 Å². The van der Waals surface area contributed by atoms with Crippen LogP contribution in [0.4, 0.5) is 9.93 Å². The fourth-order valence-corrected chi connectivity index (χ4v) is 10.00. The first-order valence-electron chi connectivity index (χ1n) is 20.7. The number of thioether (sulfide) groups is 1. The molecule has 0 spiro atoms. The van der Waals surface area contributed by atoms with E-state index in [1.807, 2.05) is 91.0 Å². The number of hydrogen-bond donors (Lipinski definition) is 2. The topological polar surface area (TPSA) is 192 Å². The number of esters is 1. The summed E-state index contributed by atoms with van der Waals surface area (Å²) in [4.78, 5) is 82.1. The van der Waals surface area contributed by atoms with Crippen LogP contribution in [0.5, 0.6) is 0 Å². The molecule has 3 amide bonds. The third-order valence-corrected chi connectivity index (χ3v) is 13.3. The number of nitrogen functional groups attached to an aromatic ring is 1. The molecule has 4 heterocycles. The van der Waals surface area contributed by atoms with Gasteiger partial charge in [-0.15, -0.1) is 23.1 Å². The van der Waals surface area contributed by atoms with Gasteiger partial charge in [0.1, 0.15) is 28.9 Å². The maximum atomic E-state index is 14.5. The molecule has 3 aliphatic heterocycles. The fourth-order valence-electron chi connectivity index (χ4n) is 8.14. The van der Waals surface area contributed by atoms with E-state index in [9.17, 15) is 24.0 Å². The average Bonchev–Trinajstić information content (AvgIpc) is 3.87. The van der Waals surface area contributed by atoms with Crippen LogP contribution < -0.4 is 11.1 Å². The van der Waals surface area contributed by atoms with Crippen LogP contribution in [0.3, 0.4) is 0 Å². The monoisotopic (exact) mass is 890 g/mol. The summed E-state index contributed by atoms with van der Waals surface area (Å²) in [5, 5.41) is 8.36. The van der Waals surface area contributed by atoms with Gasteiger partial charge in [0.15, 0.2) is 10.8 Å². The Morgan fingerprint density at radius 3 is 2.10 bits per heavy atom. The van der Waals surface area contributed by atoms with Gasteiger partial charge in [-0.1, -0.05) is 103 Å². The molecule has 17 heteroatoms. The zero-order valence-corrected chi connectivity index (χ0v) is 36.3. The number of nitrogens with one attached hydrogen (secondary N) is 1. The third kappa shape index (κ3) is 9.06. The third-order valence-electron chi connectivity index (χ3n) is 11.3. The molecule has 1 aromatic heterocycles. The molecule has 15 nitrogen and oxygen atoms in total. The van der Waals surface area contributed by atoms with Crippen LogP contribution in [0.25, 0.3) is 0 Å². The minimum atomic E-state index is -1.37. The molecule has 0 radical (unpaired) electrons. The van der Waals surface area contributed by atoms with Gasteiger partial charge in [-0.05, 0) is 43.8 Å². The van der Waals surface area contributed by atoms with Crippen LogP contribution in [0.15, 0.2) is 124 Å². The summed E-state index contributed by atoms with van der Waals surface area (Å²) in [5.41, 5.74) is 7.52. The predicted molar refractivity (Wildman–Crippen MR) is 236 cm³/mol. The van der Waals surface area contributed by atoms with E-state index in [2.05, 4.69) is 15.5 Å². The van der Waals surface area contributed by atoms with Crippen molar-refractivity contribution in [2.24, 2.45) is 5.16 Å². The number of thiazole rings is 1. The van der Waals surface area contributed by atoms with Gasteiger partial charge in [0, 0.05) is 53.9 Å². The van der Waals surface area contributed by atoms with E-state index in [1.165, 1.54) is 23.6 Å². The highest BCUT2D eigenvalue weighted by atomic mass is 32.2. The quantitative estimate of drug-likeness (QED) is 0.0292. The first-order valence-corrected chi connectivity index (χ1v) is 22.6. The number of carbonyl (C=O) groups excluding carboxylic acids is 5. The molecule has 3 fully saturated rings. The largest absolute Gasteiger partial charge is 0.511 e. The lowest BCUT2D eigenvalue weighted by atomic mass is 9.80. The molecule has 0 bridgehead atoms. The van der Waals surface area contributed by atoms with E-state index in [4.69, 9.17) is 24.8 Å². The van der Waals surface area contributed by atoms with Crippen molar-refractivity contribution in [3.8, 4) is 0 Å². The summed E-state index contributed by atoms with van der Waals surface area (Å²) in [6.45, 7) is 1.88. The molecule has 63 heavy (non-hydrogen) atoms. The zero-order valence-electron chi connectivity index (χ0n) is 34.6. The number of amides is 3. The van der Waals surface area contributed by atoms with E-state index in [-0.39, 0.29) is 40.0 Å². The average molecular weight is 891 g/mol. The second kappa shape index (κ2) is 18.9. The van der Waals surface area contributed by atoms with E-state index >= 15 is 0 Å². The number of rotatable bonds is 13. The van der Waals surface area contributed by atoms with Gasteiger partial charge < -0.3 is 35.0 Å².